The first-order chi connectivity index (χ1) is 11.0. The standard InChI is InChI=1S/C16H15Cl2NO4/c1-21-12-6-11(7-13(8-12)22-2)19-16(20)9-23-15-5-10(17)3-4-14(15)18/h3-8H,9H2,1-2H3,(H,19,20). The molecule has 0 aliphatic rings. The van der Waals surface area contributed by atoms with Crippen molar-refractivity contribution in [1.29, 1.82) is 0 Å². The minimum atomic E-state index is -0.351. The highest BCUT2D eigenvalue weighted by atomic mass is 35.5. The summed E-state index contributed by atoms with van der Waals surface area (Å²) in [5.74, 6) is 1.13. The van der Waals surface area contributed by atoms with Crippen LogP contribution < -0.4 is 19.5 Å². The first-order valence-electron chi connectivity index (χ1n) is 6.62. The molecule has 0 aliphatic heterocycles. The molecule has 0 saturated heterocycles. The van der Waals surface area contributed by atoms with Crippen LogP contribution in [0.1, 0.15) is 0 Å². The third-order valence-electron chi connectivity index (χ3n) is 2.89. The quantitative estimate of drug-likeness (QED) is 0.849. The van der Waals surface area contributed by atoms with Crippen molar-refractivity contribution in [2.75, 3.05) is 26.1 Å². The van der Waals surface area contributed by atoms with E-state index in [1.165, 1.54) is 14.2 Å². The summed E-state index contributed by atoms with van der Waals surface area (Å²) in [5.41, 5.74) is 0.534. The molecule has 2 rings (SSSR count). The first kappa shape index (κ1) is 17.2. The van der Waals surface area contributed by atoms with Crippen molar-refractivity contribution in [2.45, 2.75) is 0 Å². The molecule has 0 spiro atoms. The lowest BCUT2D eigenvalue weighted by Gasteiger charge is -2.11. The molecular formula is C16H15Cl2NO4. The predicted octanol–water partition coefficient (Wildman–Crippen LogP) is 4.03. The zero-order valence-electron chi connectivity index (χ0n) is 12.6. The lowest BCUT2D eigenvalue weighted by molar-refractivity contribution is -0.118. The van der Waals surface area contributed by atoms with Crippen LogP contribution in [0.15, 0.2) is 36.4 Å². The van der Waals surface area contributed by atoms with Gasteiger partial charge >= 0.3 is 0 Å². The Bertz CT molecular complexity index is 684. The second-order valence-electron chi connectivity index (χ2n) is 4.51. The van der Waals surface area contributed by atoms with Gasteiger partial charge in [0.05, 0.1) is 19.2 Å². The number of carbonyl (C=O) groups is 1. The minimum Gasteiger partial charge on any atom is -0.497 e. The van der Waals surface area contributed by atoms with Crippen LogP contribution in [0.2, 0.25) is 10.0 Å². The van der Waals surface area contributed by atoms with E-state index in [2.05, 4.69) is 5.32 Å². The van der Waals surface area contributed by atoms with Crippen molar-refractivity contribution >= 4 is 34.8 Å². The molecule has 0 aromatic heterocycles. The van der Waals surface area contributed by atoms with Crippen LogP contribution in [0.5, 0.6) is 17.2 Å². The topological polar surface area (TPSA) is 56.8 Å². The molecule has 5 nitrogen and oxygen atoms in total. The van der Waals surface area contributed by atoms with Gasteiger partial charge in [0, 0.05) is 35.0 Å². The highest BCUT2D eigenvalue weighted by Gasteiger charge is 2.09. The molecular weight excluding hydrogens is 341 g/mol. The molecule has 2 aromatic rings. The van der Waals surface area contributed by atoms with Gasteiger partial charge < -0.3 is 19.5 Å². The molecule has 7 heteroatoms. The number of hydrogen-bond acceptors (Lipinski definition) is 4. The van der Waals surface area contributed by atoms with E-state index in [-0.39, 0.29) is 12.5 Å². The Morgan fingerprint density at radius 2 is 1.70 bits per heavy atom. The van der Waals surface area contributed by atoms with Crippen LogP contribution in [0.4, 0.5) is 5.69 Å². The highest BCUT2D eigenvalue weighted by molar-refractivity contribution is 6.34. The summed E-state index contributed by atoms with van der Waals surface area (Å²) in [6.45, 7) is -0.209. The lowest BCUT2D eigenvalue weighted by atomic mass is 10.2. The van der Waals surface area contributed by atoms with Gasteiger partial charge in [0.2, 0.25) is 0 Å². The molecule has 122 valence electrons. The third-order valence-corrected chi connectivity index (χ3v) is 3.43. The van der Waals surface area contributed by atoms with E-state index in [1.54, 1.807) is 36.4 Å². The molecule has 0 atom stereocenters. The summed E-state index contributed by atoms with van der Waals surface area (Å²) in [7, 11) is 3.06. The molecule has 0 heterocycles. The van der Waals surface area contributed by atoms with Crippen molar-refractivity contribution in [1.82, 2.24) is 0 Å². The fourth-order valence-electron chi connectivity index (χ4n) is 1.81. The molecule has 0 unspecified atom stereocenters. The number of halogens is 2. The van der Waals surface area contributed by atoms with Gasteiger partial charge in [0.25, 0.3) is 5.91 Å². The highest BCUT2D eigenvalue weighted by Crippen LogP contribution is 2.28. The van der Waals surface area contributed by atoms with Gasteiger partial charge in [-0.1, -0.05) is 23.2 Å². The number of ether oxygens (including phenoxy) is 3. The Morgan fingerprint density at radius 3 is 2.30 bits per heavy atom. The van der Waals surface area contributed by atoms with Crippen LogP contribution in [-0.2, 0) is 4.79 Å². The van der Waals surface area contributed by atoms with Gasteiger partial charge in [-0.25, -0.2) is 0 Å². The minimum absolute atomic E-state index is 0.209. The van der Waals surface area contributed by atoms with E-state index in [9.17, 15) is 4.79 Å². The zero-order chi connectivity index (χ0) is 16.8. The Kier molecular flexibility index (Phi) is 5.96. The summed E-state index contributed by atoms with van der Waals surface area (Å²) in [6, 6.07) is 9.84. The van der Waals surface area contributed by atoms with Crippen LogP contribution in [0.3, 0.4) is 0 Å². The van der Waals surface area contributed by atoms with Crippen molar-refractivity contribution < 1.29 is 19.0 Å². The summed E-state index contributed by atoms with van der Waals surface area (Å²) < 4.78 is 15.7. The van der Waals surface area contributed by atoms with E-state index in [4.69, 9.17) is 37.4 Å². The van der Waals surface area contributed by atoms with Gasteiger partial charge in [-0.3, -0.25) is 4.79 Å². The number of anilines is 1. The smallest absolute Gasteiger partial charge is 0.262 e. The monoisotopic (exact) mass is 355 g/mol. The van der Waals surface area contributed by atoms with Crippen molar-refractivity contribution in [3.05, 3.63) is 46.4 Å². The van der Waals surface area contributed by atoms with E-state index < -0.39 is 0 Å². The lowest BCUT2D eigenvalue weighted by Crippen LogP contribution is -2.20. The third kappa shape index (κ3) is 4.94. The van der Waals surface area contributed by atoms with Crippen molar-refractivity contribution in [3.63, 3.8) is 0 Å². The zero-order valence-corrected chi connectivity index (χ0v) is 14.1. The molecule has 0 bridgehead atoms. The average Bonchev–Trinajstić information content (AvgIpc) is 2.55. The van der Waals surface area contributed by atoms with Gasteiger partial charge in [-0.15, -0.1) is 0 Å². The number of rotatable bonds is 6. The second kappa shape index (κ2) is 7.94. The van der Waals surface area contributed by atoms with Gasteiger partial charge in [0.1, 0.15) is 17.2 Å². The molecule has 0 aliphatic carbocycles. The van der Waals surface area contributed by atoms with Gasteiger partial charge in [0.15, 0.2) is 6.61 Å². The van der Waals surface area contributed by atoms with Gasteiger partial charge in [-0.05, 0) is 12.1 Å². The molecule has 0 fully saturated rings. The summed E-state index contributed by atoms with van der Waals surface area (Å²) in [4.78, 5) is 12.0. The maximum Gasteiger partial charge on any atom is 0.262 e. The second-order valence-corrected chi connectivity index (χ2v) is 5.36. The maximum atomic E-state index is 12.0. The van der Waals surface area contributed by atoms with Crippen molar-refractivity contribution in [2.24, 2.45) is 0 Å². The number of amides is 1. The van der Waals surface area contributed by atoms with Crippen LogP contribution in [0.25, 0.3) is 0 Å². The van der Waals surface area contributed by atoms with Gasteiger partial charge in [-0.2, -0.15) is 0 Å². The number of carbonyl (C=O) groups excluding carboxylic acids is 1. The predicted molar refractivity (Wildman–Crippen MR) is 90.1 cm³/mol. The van der Waals surface area contributed by atoms with E-state index >= 15 is 0 Å². The Morgan fingerprint density at radius 1 is 1.04 bits per heavy atom. The van der Waals surface area contributed by atoms with E-state index in [1.807, 2.05) is 0 Å². The van der Waals surface area contributed by atoms with Crippen LogP contribution >= 0.6 is 23.2 Å². The molecule has 0 saturated carbocycles. The molecule has 2 aromatic carbocycles. The van der Waals surface area contributed by atoms with Crippen LogP contribution in [0, 0.1) is 0 Å². The first-order valence-corrected chi connectivity index (χ1v) is 7.38. The number of benzene rings is 2. The molecule has 0 radical (unpaired) electrons. The molecule has 1 N–H and O–H groups in total. The van der Waals surface area contributed by atoms with E-state index in [0.717, 1.165) is 0 Å². The number of methoxy groups -OCH3 is 2. The molecule has 23 heavy (non-hydrogen) atoms. The fourth-order valence-corrected chi connectivity index (χ4v) is 2.14. The molecule has 1 amide bonds. The summed E-state index contributed by atoms with van der Waals surface area (Å²) in [6.07, 6.45) is 0. The Hall–Kier alpha value is -2.11. The number of nitrogens with one attached hydrogen (secondary N) is 1. The number of hydrogen-bond donors (Lipinski definition) is 1. The van der Waals surface area contributed by atoms with E-state index in [0.29, 0.717) is 33.0 Å². The normalized spacial score (nSPS) is 10.1. The Labute approximate surface area is 144 Å². The summed E-state index contributed by atoms with van der Waals surface area (Å²) >= 11 is 11.8. The fraction of sp³-hybridized carbons (Fsp3) is 0.188. The average molecular weight is 356 g/mol. The SMILES string of the molecule is COc1cc(NC(=O)COc2cc(Cl)ccc2Cl)cc(OC)c1. The maximum absolute atomic E-state index is 12.0. The van der Waals surface area contributed by atoms with Crippen LogP contribution in [-0.4, -0.2) is 26.7 Å². The summed E-state index contributed by atoms with van der Waals surface area (Å²) in [5, 5.41) is 3.55. The van der Waals surface area contributed by atoms with Crippen molar-refractivity contribution in [3.8, 4) is 17.2 Å². The largest absolute Gasteiger partial charge is 0.497 e. The Balaban J connectivity index is 2.01.